The maximum Gasteiger partial charge on any atom is 0.306 e. The number of hydrogen-bond donors (Lipinski definition) is 0. The van der Waals surface area contributed by atoms with Gasteiger partial charge in [-0.25, -0.2) is 0 Å². The topological polar surface area (TPSA) is 52.6 Å². The monoisotopic (exact) mass is 260 g/mol. The Balaban J connectivity index is 4.33. The quantitative estimate of drug-likeness (QED) is 0.686. The summed E-state index contributed by atoms with van der Waals surface area (Å²) in [4.78, 5) is 23.6. The first-order chi connectivity index (χ1) is 7.67. The van der Waals surface area contributed by atoms with Crippen LogP contribution in [-0.4, -0.2) is 32.5 Å². The van der Waals surface area contributed by atoms with Crippen LogP contribution in [0.5, 0.6) is 0 Å². The molecule has 0 N–H and O–H groups in total. The maximum absolute atomic E-state index is 11.8. The number of hydrogen-bond acceptors (Lipinski definition) is 4. The molecule has 0 rings (SSSR count). The highest BCUT2D eigenvalue weighted by Crippen LogP contribution is 2.12. The summed E-state index contributed by atoms with van der Waals surface area (Å²) in [6.07, 6.45) is 0. The van der Waals surface area contributed by atoms with Gasteiger partial charge in [-0.15, -0.1) is 0 Å². The zero-order valence-electron chi connectivity index (χ0n) is 11.7. The summed E-state index contributed by atoms with van der Waals surface area (Å²) in [7, 11) is -2.77. The van der Waals surface area contributed by atoms with Gasteiger partial charge in [-0.1, -0.05) is 27.7 Å². The summed E-state index contributed by atoms with van der Waals surface area (Å²) in [5.41, 5.74) is -0.778. The van der Waals surface area contributed by atoms with E-state index in [0.29, 0.717) is 13.2 Å². The van der Waals surface area contributed by atoms with Crippen molar-refractivity contribution in [3.63, 3.8) is 0 Å². The second kappa shape index (κ2) is 6.79. The van der Waals surface area contributed by atoms with E-state index >= 15 is 0 Å². The van der Waals surface area contributed by atoms with E-state index in [-0.39, 0.29) is 23.0 Å². The molecule has 0 saturated heterocycles. The van der Waals surface area contributed by atoms with Gasteiger partial charge >= 0.3 is 8.07 Å². The third-order valence-electron chi connectivity index (χ3n) is 2.12. The van der Waals surface area contributed by atoms with Crippen LogP contribution in [0, 0.1) is 11.8 Å². The predicted molar refractivity (Wildman–Crippen MR) is 69.9 cm³/mol. The highest BCUT2D eigenvalue weighted by molar-refractivity contribution is 7.22. The molecule has 4 nitrogen and oxygen atoms in total. The lowest BCUT2D eigenvalue weighted by Crippen LogP contribution is -2.48. The average molecular weight is 260 g/mol. The third kappa shape index (κ3) is 5.86. The zero-order chi connectivity index (χ0) is 13.6. The Morgan fingerprint density at radius 1 is 0.882 bits per heavy atom. The van der Waals surface area contributed by atoms with Crippen LogP contribution in [0.1, 0.15) is 27.7 Å². The van der Waals surface area contributed by atoms with Crippen molar-refractivity contribution >= 4 is 19.3 Å². The van der Waals surface area contributed by atoms with E-state index in [0.717, 1.165) is 0 Å². The van der Waals surface area contributed by atoms with E-state index < -0.39 is 8.07 Å². The van der Waals surface area contributed by atoms with Crippen LogP contribution in [0.4, 0.5) is 9.59 Å². The van der Waals surface area contributed by atoms with Crippen LogP contribution >= 0.6 is 0 Å². The maximum atomic E-state index is 11.8. The molecule has 100 valence electrons. The van der Waals surface area contributed by atoms with Crippen molar-refractivity contribution in [1.29, 1.82) is 0 Å². The number of ether oxygens (including phenoxy) is 2. The van der Waals surface area contributed by atoms with Gasteiger partial charge in [0.2, 0.25) is 0 Å². The van der Waals surface area contributed by atoms with Crippen LogP contribution in [-0.2, 0) is 9.47 Å². The molecule has 0 aliphatic heterocycles. The molecule has 0 saturated carbocycles. The molecule has 0 radical (unpaired) electrons. The summed E-state index contributed by atoms with van der Waals surface area (Å²) in [6.45, 7) is 11.9. The molecule has 0 fully saturated rings. The molecule has 0 unspecified atom stereocenters. The number of carbonyl (C=O) groups is 2. The molecule has 17 heavy (non-hydrogen) atoms. The van der Waals surface area contributed by atoms with Crippen molar-refractivity contribution in [2.45, 2.75) is 40.8 Å². The molecule has 0 amide bonds. The van der Waals surface area contributed by atoms with E-state index in [2.05, 4.69) is 0 Å². The van der Waals surface area contributed by atoms with E-state index in [4.69, 9.17) is 9.47 Å². The Morgan fingerprint density at radius 3 is 1.41 bits per heavy atom. The average Bonchev–Trinajstić information content (AvgIpc) is 2.21. The Bertz CT molecular complexity index is 246. The normalized spacial score (nSPS) is 11.8. The minimum absolute atomic E-state index is 0.274. The van der Waals surface area contributed by atoms with Crippen LogP contribution in [0.3, 0.4) is 0 Å². The van der Waals surface area contributed by atoms with Gasteiger partial charge in [0.25, 0.3) is 11.2 Å². The van der Waals surface area contributed by atoms with Gasteiger partial charge in [0.1, 0.15) is 0 Å². The van der Waals surface area contributed by atoms with Crippen molar-refractivity contribution in [2.75, 3.05) is 13.2 Å². The summed E-state index contributed by atoms with van der Waals surface area (Å²) >= 11 is 0. The molecule has 0 spiro atoms. The van der Waals surface area contributed by atoms with Gasteiger partial charge in [-0.3, -0.25) is 9.59 Å². The molecule has 0 aromatic rings. The Hall–Kier alpha value is -0.843. The second-order valence-electron chi connectivity index (χ2n) is 5.61. The minimum Gasteiger partial charge on any atom is -0.469 e. The molecule has 0 aliphatic carbocycles. The van der Waals surface area contributed by atoms with Crippen molar-refractivity contribution < 1.29 is 19.1 Å². The molecule has 0 atom stereocenters. The molecule has 0 aromatic heterocycles. The first-order valence-electron chi connectivity index (χ1n) is 6.02. The van der Waals surface area contributed by atoms with E-state index in [1.165, 1.54) is 0 Å². The minimum atomic E-state index is -2.77. The summed E-state index contributed by atoms with van der Waals surface area (Å²) in [5.74, 6) is 0.547. The van der Waals surface area contributed by atoms with Crippen LogP contribution in [0.2, 0.25) is 13.1 Å². The van der Waals surface area contributed by atoms with Gasteiger partial charge < -0.3 is 9.47 Å². The van der Waals surface area contributed by atoms with Crippen molar-refractivity contribution in [2.24, 2.45) is 11.8 Å². The molecule has 0 aliphatic rings. The Morgan fingerprint density at radius 2 is 1.18 bits per heavy atom. The molecular formula is C12H24O4Si. The fraction of sp³-hybridized carbons (Fsp3) is 0.833. The van der Waals surface area contributed by atoms with Gasteiger partial charge in [0, 0.05) is 0 Å². The lowest BCUT2D eigenvalue weighted by Gasteiger charge is -2.19. The molecule has 0 heterocycles. The van der Waals surface area contributed by atoms with E-state index in [9.17, 15) is 9.59 Å². The lowest BCUT2D eigenvalue weighted by molar-refractivity contribution is 0.146. The largest absolute Gasteiger partial charge is 0.469 e. The number of rotatable bonds is 6. The van der Waals surface area contributed by atoms with Gasteiger partial charge in [0.05, 0.1) is 13.2 Å². The number of carbonyl (C=O) groups excluding carboxylic acids is 2. The summed E-state index contributed by atoms with van der Waals surface area (Å²) in [5, 5.41) is 0. The van der Waals surface area contributed by atoms with Gasteiger partial charge in [-0.05, 0) is 24.9 Å². The van der Waals surface area contributed by atoms with Gasteiger partial charge in [0.15, 0.2) is 0 Å². The summed E-state index contributed by atoms with van der Waals surface area (Å²) in [6, 6.07) is 0. The third-order valence-corrected chi connectivity index (χ3v) is 4.45. The molecule has 5 heteroatoms. The smallest absolute Gasteiger partial charge is 0.306 e. The van der Waals surface area contributed by atoms with Crippen molar-refractivity contribution in [3.05, 3.63) is 0 Å². The molecule has 0 aromatic carbocycles. The highest BCUT2D eigenvalue weighted by Gasteiger charge is 2.43. The molecular weight excluding hydrogens is 236 g/mol. The first kappa shape index (κ1) is 16.2. The zero-order valence-corrected chi connectivity index (χ0v) is 12.7. The fourth-order valence-electron chi connectivity index (χ4n) is 0.929. The van der Waals surface area contributed by atoms with Crippen LogP contribution in [0.25, 0.3) is 0 Å². The second-order valence-corrected chi connectivity index (χ2v) is 9.68. The van der Waals surface area contributed by atoms with Crippen molar-refractivity contribution in [3.8, 4) is 0 Å². The predicted octanol–water partition coefficient (Wildman–Crippen LogP) is 3.44. The van der Waals surface area contributed by atoms with Crippen LogP contribution < -0.4 is 0 Å². The standard InChI is InChI=1S/C12H24O4Si/c1-9(2)7-15-11(13)17(5,6)12(14)16-8-10(3)4/h9-10H,7-8H2,1-6H3. The highest BCUT2D eigenvalue weighted by atomic mass is 28.3. The first-order valence-corrected chi connectivity index (χ1v) is 9.02. The Kier molecular flexibility index (Phi) is 6.45. The van der Waals surface area contributed by atoms with E-state index in [1.807, 2.05) is 27.7 Å². The summed E-state index contributed by atoms with van der Waals surface area (Å²) < 4.78 is 10.2. The van der Waals surface area contributed by atoms with E-state index in [1.54, 1.807) is 13.1 Å². The van der Waals surface area contributed by atoms with Crippen LogP contribution in [0.15, 0.2) is 0 Å². The lowest BCUT2D eigenvalue weighted by atomic mass is 10.2. The Labute approximate surface area is 105 Å². The SMILES string of the molecule is CC(C)COC(=O)[Si](C)(C)C(=O)OCC(C)C. The molecule has 0 bridgehead atoms. The van der Waals surface area contributed by atoms with Gasteiger partial charge in [-0.2, -0.15) is 0 Å². The van der Waals surface area contributed by atoms with Crippen molar-refractivity contribution in [1.82, 2.24) is 0 Å². The fourth-order valence-corrected chi connectivity index (χ4v) is 1.98.